The number of nitrogens with zero attached hydrogens (tertiary/aromatic N) is 4. The lowest BCUT2D eigenvalue weighted by molar-refractivity contribution is 0.192. The highest BCUT2D eigenvalue weighted by Gasteiger charge is 2.16. The molecular formula is C22H24N6O2. The Morgan fingerprint density at radius 2 is 1.67 bits per heavy atom. The third-order valence-electron chi connectivity index (χ3n) is 4.78. The first-order valence-electron chi connectivity index (χ1n) is 9.61. The standard InChI is InChI=1S/C22H24N6O2/c1-13(30-19-7-5-4-6-18(19)29-3)12-28-14(2)25-17-9-8-16(26-22(17)28)15-10-20(23)27-21(24)11-15/h4-11,13H,12H2,1-3H3,(H4,23,24,27)/t13-/m1/s1. The van der Waals surface area contributed by atoms with Gasteiger partial charge >= 0.3 is 0 Å². The van der Waals surface area contributed by atoms with Crippen LogP contribution in [0.25, 0.3) is 22.4 Å². The number of aromatic nitrogens is 4. The molecule has 0 bridgehead atoms. The van der Waals surface area contributed by atoms with Crippen molar-refractivity contribution in [1.29, 1.82) is 0 Å². The maximum Gasteiger partial charge on any atom is 0.161 e. The molecule has 8 nitrogen and oxygen atoms in total. The quantitative estimate of drug-likeness (QED) is 0.506. The van der Waals surface area contributed by atoms with Crippen LogP contribution < -0.4 is 20.9 Å². The van der Waals surface area contributed by atoms with Crippen LogP contribution >= 0.6 is 0 Å². The molecule has 4 rings (SSSR count). The molecule has 4 N–H and O–H groups in total. The maximum absolute atomic E-state index is 6.12. The minimum atomic E-state index is -0.130. The number of hydrogen-bond donors (Lipinski definition) is 2. The van der Waals surface area contributed by atoms with Crippen LogP contribution in [0.2, 0.25) is 0 Å². The van der Waals surface area contributed by atoms with Crippen LogP contribution in [-0.2, 0) is 6.54 Å². The summed E-state index contributed by atoms with van der Waals surface area (Å²) in [6.07, 6.45) is -0.130. The minimum Gasteiger partial charge on any atom is -0.493 e. The highest BCUT2D eigenvalue weighted by atomic mass is 16.5. The summed E-state index contributed by atoms with van der Waals surface area (Å²) in [5.74, 6) is 2.97. The molecular weight excluding hydrogens is 380 g/mol. The number of rotatable bonds is 6. The zero-order valence-corrected chi connectivity index (χ0v) is 17.2. The molecule has 0 fully saturated rings. The van der Waals surface area contributed by atoms with Crippen molar-refractivity contribution in [2.75, 3.05) is 18.6 Å². The first-order chi connectivity index (χ1) is 14.4. The van der Waals surface area contributed by atoms with E-state index in [1.807, 2.05) is 54.8 Å². The van der Waals surface area contributed by atoms with Crippen molar-refractivity contribution in [1.82, 2.24) is 19.5 Å². The van der Waals surface area contributed by atoms with E-state index in [2.05, 4.69) is 9.97 Å². The average molecular weight is 404 g/mol. The molecule has 0 spiro atoms. The Bertz CT molecular complexity index is 1180. The van der Waals surface area contributed by atoms with E-state index in [9.17, 15) is 0 Å². The van der Waals surface area contributed by atoms with Crippen molar-refractivity contribution < 1.29 is 9.47 Å². The summed E-state index contributed by atoms with van der Waals surface area (Å²) < 4.78 is 13.5. The van der Waals surface area contributed by atoms with Crippen LogP contribution in [0, 0.1) is 6.92 Å². The van der Waals surface area contributed by atoms with Crippen molar-refractivity contribution in [2.45, 2.75) is 26.5 Å². The summed E-state index contributed by atoms with van der Waals surface area (Å²) in [7, 11) is 1.63. The molecule has 1 atom stereocenters. The minimum absolute atomic E-state index is 0.130. The van der Waals surface area contributed by atoms with E-state index < -0.39 is 0 Å². The SMILES string of the molecule is COc1ccccc1O[C@H](C)Cn1c(C)nc2ccc(-c3cc(N)nc(N)c3)nc21. The Balaban J connectivity index is 1.66. The number of para-hydroxylation sites is 2. The second kappa shape index (κ2) is 7.90. The lowest BCUT2D eigenvalue weighted by Gasteiger charge is -2.18. The first-order valence-corrected chi connectivity index (χ1v) is 9.61. The molecule has 4 aromatic rings. The molecule has 0 radical (unpaired) electrons. The zero-order chi connectivity index (χ0) is 21.3. The predicted molar refractivity (Wildman–Crippen MR) is 117 cm³/mol. The van der Waals surface area contributed by atoms with Gasteiger partial charge in [0, 0.05) is 5.56 Å². The monoisotopic (exact) mass is 404 g/mol. The molecule has 0 saturated heterocycles. The van der Waals surface area contributed by atoms with Gasteiger partial charge in [0.15, 0.2) is 17.1 Å². The second-order valence-electron chi connectivity index (χ2n) is 7.09. The molecule has 3 aromatic heterocycles. The zero-order valence-electron chi connectivity index (χ0n) is 17.2. The van der Waals surface area contributed by atoms with Crippen LogP contribution in [0.15, 0.2) is 48.5 Å². The molecule has 0 aliphatic rings. The number of pyridine rings is 2. The van der Waals surface area contributed by atoms with Crippen molar-refractivity contribution in [3.8, 4) is 22.8 Å². The Morgan fingerprint density at radius 1 is 0.967 bits per heavy atom. The summed E-state index contributed by atoms with van der Waals surface area (Å²) in [6.45, 7) is 4.54. The Labute approximate surface area is 174 Å². The van der Waals surface area contributed by atoms with Gasteiger partial charge in [-0.1, -0.05) is 12.1 Å². The molecule has 30 heavy (non-hydrogen) atoms. The first kappa shape index (κ1) is 19.5. The van der Waals surface area contributed by atoms with Crippen molar-refractivity contribution in [3.63, 3.8) is 0 Å². The number of nitrogens with two attached hydrogens (primary N) is 2. The van der Waals surface area contributed by atoms with Gasteiger partial charge in [-0.25, -0.2) is 15.0 Å². The van der Waals surface area contributed by atoms with E-state index in [1.54, 1.807) is 19.2 Å². The number of nitrogen functional groups attached to an aromatic ring is 2. The van der Waals surface area contributed by atoms with Crippen LogP contribution in [0.5, 0.6) is 11.5 Å². The van der Waals surface area contributed by atoms with Crippen LogP contribution in [0.1, 0.15) is 12.7 Å². The van der Waals surface area contributed by atoms with E-state index in [1.165, 1.54) is 0 Å². The Kier molecular flexibility index (Phi) is 5.14. The van der Waals surface area contributed by atoms with Crippen molar-refractivity contribution >= 4 is 22.8 Å². The van der Waals surface area contributed by atoms with E-state index >= 15 is 0 Å². The summed E-state index contributed by atoms with van der Waals surface area (Å²) in [5, 5.41) is 0. The molecule has 1 aromatic carbocycles. The lowest BCUT2D eigenvalue weighted by atomic mass is 10.1. The third-order valence-corrected chi connectivity index (χ3v) is 4.78. The smallest absolute Gasteiger partial charge is 0.161 e. The fourth-order valence-corrected chi connectivity index (χ4v) is 3.44. The second-order valence-corrected chi connectivity index (χ2v) is 7.09. The summed E-state index contributed by atoms with van der Waals surface area (Å²) in [4.78, 5) is 13.5. The lowest BCUT2D eigenvalue weighted by Crippen LogP contribution is -2.20. The van der Waals surface area contributed by atoms with Gasteiger partial charge in [-0.3, -0.25) is 0 Å². The van der Waals surface area contributed by atoms with Crippen LogP contribution in [0.4, 0.5) is 11.6 Å². The fraction of sp³-hybridized carbons (Fsp3) is 0.227. The third kappa shape index (κ3) is 3.84. The number of imidazole rings is 1. The van der Waals surface area contributed by atoms with Crippen LogP contribution in [0.3, 0.4) is 0 Å². The van der Waals surface area contributed by atoms with Gasteiger partial charge in [-0.05, 0) is 50.2 Å². The van der Waals surface area contributed by atoms with Gasteiger partial charge in [0.2, 0.25) is 0 Å². The van der Waals surface area contributed by atoms with Gasteiger partial charge in [-0.15, -0.1) is 0 Å². The number of hydrogen-bond acceptors (Lipinski definition) is 7. The Hall–Kier alpha value is -3.81. The number of aryl methyl sites for hydroxylation is 1. The summed E-state index contributed by atoms with van der Waals surface area (Å²) in [5.41, 5.74) is 14.8. The maximum atomic E-state index is 6.12. The summed E-state index contributed by atoms with van der Waals surface area (Å²) in [6, 6.07) is 15.0. The molecule has 3 heterocycles. The predicted octanol–water partition coefficient (Wildman–Crippen LogP) is 3.44. The van der Waals surface area contributed by atoms with E-state index in [0.29, 0.717) is 29.7 Å². The number of ether oxygens (including phenoxy) is 2. The van der Waals surface area contributed by atoms with Gasteiger partial charge in [0.05, 0.1) is 19.3 Å². The molecule has 0 aliphatic carbocycles. The van der Waals surface area contributed by atoms with Gasteiger partial charge in [-0.2, -0.15) is 0 Å². The van der Waals surface area contributed by atoms with E-state index in [4.69, 9.17) is 25.9 Å². The van der Waals surface area contributed by atoms with Gasteiger partial charge in [0.25, 0.3) is 0 Å². The highest BCUT2D eigenvalue weighted by molar-refractivity contribution is 5.77. The number of benzene rings is 1. The van der Waals surface area contributed by atoms with Crippen LogP contribution in [-0.4, -0.2) is 32.7 Å². The molecule has 154 valence electrons. The largest absolute Gasteiger partial charge is 0.493 e. The molecule has 0 unspecified atom stereocenters. The van der Waals surface area contributed by atoms with Gasteiger partial charge in [0.1, 0.15) is 29.1 Å². The van der Waals surface area contributed by atoms with E-state index in [0.717, 1.165) is 28.2 Å². The number of anilines is 2. The Morgan fingerprint density at radius 3 is 2.37 bits per heavy atom. The van der Waals surface area contributed by atoms with Gasteiger partial charge < -0.3 is 25.5 Å². The highest BCUT2D eigenvalue weighted by Crippen LogP contribution is 2.28. The molecule has 0 aliphatic heterocycles. The molecule has 8 heteroatoms. The molecule has 0 amide bonds. The fourth-order valence-electron chi connectivity index (χ4n) is 3.44. The van der Waals surface area contributed by atoms with Crippen molar-refractivity contribution in [2.24, 2.45) is 0 Å². The molecule has 0 saturated carbocycles. The van der Waals surface area contributed by atoms with Crippen molar-refractivity contribution in [3.05, 3.63) is 54.4 Å². The summed E-state index contributed by atoms with van der Waals surface area (Å²) >= 11 is 0. The topological polar surface area (TPSA) is 114 Å². The number of fused-ring (bicyclic) bond motifs is 1. The number of methoxy groups -OCH3 is 1. The normalized spacial score (nSPS) is 12.1. The average Bonchev–Trinajstić information content (AvgIpc) is 3.02. The van der Waals surface area contributed by atoms with E-state index in [-0.39, 0.29) is 6.10 Å².